The van der Waals surface area contributed by atoms with Crippen molar-refractivity contribution in [3.05, 3.63) is 0 Å². The Morgan fingerprint density at radius 3 is 2.44 bits per heavy atom. The van der Waals surface area contributed by atoms with Gasteiger partial charge in [0.1, 0.15) is 10.9 Å². The van der Waals surface area contributed by atoms with Crippen molar-refractivity contribution in [3.63, 3.8) is 0 Å². The minimum absolute atomic E-state index is 0.155. The number of carbonyl (C=O) groups excluding carboxylic acids is 1. The van der Waals surface area contributed by atoms with Crippen LogP contribution in [0.1, 0.15) is 39.5 Å². The fourth-order valence-corrected chi connectivity index (χ4v) is 2.39. The van der Waals surface area contributed by atoms with E-state index in [0.717, 1.165) is 25.7 Å². The number of hydrogen-bond acceptors (Lipinski definition) is 2. The number of nitrogens with zero attached hydrogens (tertiary/aromatic N) is 2. The summed E-state index contributed by atoms with van der Waals surface area (Å²) in [4.78, 5) is 13.4. The number of alkyl halides is 1. The van der Waals surface area contributed by atoms with Gasteiger partial charge in [0.15, 0.2) is 0 Å². The molecule has 4 heteroatoms. The fourth-order valence-electron chi connectivity index (χ4n) is 2.24. The summed E-state index contributed by atoms with van der Waals surface area (Å²) in [5.41, 5.74) is -0.632. The summed E-state index contributed by atoms with van der Waals surface area (Å²) in [5.74, 6) is 0.496. The lowest BCUT2D eigenvalue weighted by molar-refractivity contribution is -0.134. The molecule has 0 unspecified atom stereocenters. The van der Waals surface area contributed by atoms with Crippen LogP contribution in [0.4, 0.5) is 0 Å². The first-order valence-corrected chi connectivity index (χ1v) is 6.19. The molecule has 3 nitrogen and oxygen atoms in total. The van der Waals surface area contributed by atoms with Gasteiger partial charge >= 0.3 is 0 Å². The van der Waals surface area contributed by atoms with Crippen molar-refractivity contribution in [2.75, 3.05) is 7.05 Å². The first kappa shape index (κ1) is 13.3. The van der Waals surface area contributed by atoms with Crippen molar-refractivity contribution in [2.24, 2.45) is 5.92 Å². The first-order valence-electron chi connectivity index (χ1n) is 5.76. The lowest BCUT2D eigenvalue weighted by Crippen LogP contribution is -2.52. The van der Waals surface area contributed by atoms with Gasteiger partial charge in [-0.05, 0) is 38.5 Å². The van der Waals surface area contributed by atoms with Crippen LogP contribution < -0.4 is 0 Å². The normalized spacial score (nSPS) is 31.6. The lowest BCUT2D eigenvalue weighted by Gasteiger charge is -2.41. The summed E-state index contributed by atoms with van der Waals surface area (Å²) in [5, 5.41) is 8.78. The van der Waals surface area contributed by atoms with Gasteiger partial charge in [0.25, 0.3) is 0 Å². The highest BCUT2D eigenvalue weighted by Crippen LogP contribution is 2.35. The predicted molar refractivity (Wildman–Crippen MR) is 64.1 cm³/mol. The highest BCUT2D eigenvalue weighted by atomic mass is 35.5. The molecule has 0 saturated heterocycles. The molecule has 0 heterocycles. The molecule has 0 N–H and O–H groups in total. The summed E-state index contributed by atoms with van der Waals surface area (Å²) in [6.07, 6.45) is 3.52. The molecule has 0 aromatic heterocycles. The van der Waals surface area contributed by atoms with E-state index in [0.29, 0.717) is 5.92 Å². The molecular formula is C12H19ClN2O. The van der Waals surface area contributed by atoms with Gasteiger partial charge in [0.2, 0.25) is 5.91 Å². The van der Waals surface area contributed by atoms with Crippen LogP contribution in [-0.4, -0.2) is 28.8 Å². The Morgan fingerprint density at radius 1 is 1.56 bits per heavy atom. The van der Waals surface area contributed by atoms with E-state index in [4.69, 9.17) is 11.6 Å². The second-order valence-corrected chi connectivity index (χ2v) is 5.49. The maximum atomic E-state index is 11.8. The van der Waals surface area contributed by atoms with E-state index in [2.05, 4.69) is 13.0 Å². The third kappa shape index (κ3) is 2.49. The van der Waals surface area contributed by atoms with Gasteiger partial charge in [0, 0.05) is 7.05 Å². The van der Waals surface area contributed by atoms with Gasteiger partial charge in [-0.2, -0.15) is 5.26 Å². The van der Waals surface area contributed by atoms with Gasteiger partial charge in [-0.1, -0.05) is 6.92 Å². The number of carbonyl (C=O) groups is 1. The van der Waals surface area contributed by atoms with Crippen molar-refractivity contribution in [1.82, 2.24) is 4.90 Å². The van der Waals surface area contributed by atoms with Crippen LogP contribution in [0.5, 0.6) is 0 Å². The molecule has 1 aliphatic rings. The highest BCUT2D eigenvalue weighted by Gasteiger charge is 2.41. The monoisotopic (exact) mass is 242 g/mol. The van der Waals surface area contributed by atoms with Gasteiger partial charge < -0.3 is 4.90 Å². The van der Waals surface area contributed by atoms with E-state index in [-0.39, 0.29) is 5.91 Å². The summed E-state index contributed by atoms with van der Waals surface area (Å²) in [6.45, 7) is 3.84. The first-order chi connectivity index (χ1) is 7.43. The van der Waals surface area contributed by atoms with Crippen LogP contribution in [0, 0.1) is 17.2 Å². The Bertz CT molecular complexity index is 301. The zero-order chi connectivity index (χ0) is 12.3. The van der Waals surface area contributed by atoms with Gasteiger partial charge in [-0.15, -0.1) is 11.6 Å². The molecule has 90 valence electrons. The lowest BCUT2D eigenvalue weighted by atomic mass is 9.77. The predicted octanol–water partition coefficient (Wildman–Crippen LogP) is 2.54. The molecule has 1 saturated carbocycles. The zero-order valence-corrected chi connectivity index (χ0v) is 10.9. The second-order valence-electron chi connectivity index (χ2n) is 4.84. The van der Waals surface area contributed by atoms with Gasteiger partial charge in [-0.3, -0.25) is 4.79 Å². The highest BCUT2D eigenvalue weighted by molar-refractivity contribution is 6.30. The molecule has 1 aliphatic carbocycles. The van der Waals surface area contributed by atoms with Gasteiger partial charge in [0.05, 0.1) is 6.07 Å². The molecule has 0 aromatic carbocycles. The maximum Gasteiger partial charge on any atom is 0.241 e. The number of hydrogen-bond donors (Lipinski definition) is 0. The molecule has 0 spiro atoms. The van der Waals surface area contributed by atoms with Crippen molar-refractivity contribution < 1.29 is 4.79 Å². The molecule has 16 heavy (non-hydrogen) atoms. The Kier molecular flexibility index (Phi) is 4.21. The second kappa shape index (κ2) is 5.05. The van der Waals surface area contributed by atoms with Crippen molar-refractivity contribution >= 4 is 17.5 Å². The SMILES string of the molecule is CC1CCC(C#N)(N(C)C(=O)[C@@H](C)Cl)CC1. The van der Waals surface area contributed by atoms with Crippen LogP contribution in [-0.2, 0) is 4.79 Å². The number of nitriles is 1. The molecule has 1 atom stereocenters. The quantitative estimate of drug-likeness (QED) is 0.699. The zero-order valence-electron chi connectivity index (χ0n) is 10.2. The van der Waals surface area contributed by atoms with E-state index in [1.165, 1.54) is 0 Å². The Labute approximate surface area is 102 Å². The van der Waals surface area contributed by atoms with Crippen molar-refractivity contribution in [3.8, 4) is 6.07 Å². The topological polar surface area (TPSA) is 44.1 Å². The minimum atomic E-state index is -0.632. The van der Waals surface area contributed by atoms with Crippen molar-refractivity contribution in [2.45, 2.75) is 50.4 Å². The molecule has 0 bridgehead atoms. The Balaban J connectivity index is 2.82. The van der Waals surface area contributed by atoms with Crippen LogP contribution in [0.2, 0.25) is 0 Å². The van der Waals surface area contributed by atoms with Crippen molar-refractivity contribution in [1.29, 1.82) is 5.26 Å². The standard InChI is InChI=1S/C12H19ClN2O/c1-9-4-6-12(8-14,7-5-9)15(3)11(16)10(2)13/h9-10H,4-7H2,1-3H3/t9?,10-,12?/m1/s1. The summed E-state index contributed by atoms with van der Waals surface area (Å²) < 4.78 is 0. The van der Waals surface area contributed by atoms with E-state index in [9.17, 15) is 10.1 Å². The number of rotatable bonds is 2. The molecule has 0 radical (unpaired) electrons. The largest absolute Gasteiger partial charge is 0.326 e. The molecule has 1 rings (SSSR count). The fraction of sp³-hybridized carbons (Fsp3) is 0.833. The van der Waals surface area contributed by atoms with E-state index < -0.39 is 10.9 Å². The maximum absolute atomic E-state index is 11.8. The third-order valence-electron chi connectivity index (χ3n) is 3.62. The minimum Gasteiger partial charge on any atom is -0.326 e. The molecule has 0 aliphatic heterocycles. The number of amides is 1. The third-order valence-corrected chi connectivity index (χ3v) is 3.81. The number of halogens is 1. The average Bonchev–Trinajstić information content (AvgIpc) is 2.28. The van der Waals surface area contributed by atoms with E-state index in [1.54, 1.807) is 18.9 Å². The van der Waals surface area contributed by atoms with E-state index >= 15 is 0 Å². The Hall–Kier alpha value is -0.750. The van der Waals surface area contributed by atoms with Crippen LogP contribution >= 0.6 is 11.6 Å². The van der Waals surface area contributed by atoms with Crippen LogP contribution in [0.15, 0.2) is 0 Å². The summed E-state index contributed by atoms with van der Waals surface area (Å²) >= 11 is 5.79. The molecule has 1 amide bonds. The molecule has 1 fully saturated rings. The summed E-state index contributed by atoms with van der Waals surface area (Å²) in [6, 6.07) is 2.32. The van der Waals surface area contributed by atoms with E-state index in [1.807, 2.05) is 0 Å². The molecule has 0 aromatic rings. The Morgan fingerprint density at radius 2 is 2.06 bits per heavy atom. The summed E-state index contributed by atoms with van der Waals surface area (Å²) in [7, 11) is 1.69. The van der Waals surface area contributed by atoms with Gasteiger partial charge in [-0.25, -0.2) is 0 Å². The average molecular weight is 243 g/mol. The smallest absolute Gasteiger partial charge is 0.241 e. The van der Waals surface area contributed by atoms with Crippen LogP contribution in [0.25, 0.3) is 0 Å². The molecular weight excluding hydrogens is 224 g/mol. The van der Waals surface area contributed by atoms with Crippen LogP contribution in [0.3, 0.4) is 0 Å².